The Balaban J connectivity index is 2.89. The van der Waals surface area contributed by atoms with Crippen molar-refractivity contribution < 1.29 is 19.0 Å². The summed E-state index contributed by atoms with van der Waals surface area (Å²) >= 11 is 3.46. The summed E-state index contributed by atoms with van der Waals surface area (Å²) in [6.07, 6.45) is 1.01. The molecule has 0 bridgehead atoms. The summed E-state index contributed by atoms with van der Waals surface area (Å²) < 4.78 is 16.1. The predicted octanol–water partition coefficient (Wildman–Crippen LogP) is 3.06. The average Bonchev–Trinajstić information content (AvgIpc) is 2.46. The number of halogens is 1. The van der Waals surface area contributed by atoms with Crippen LogP contribution in [-0.4, -0.2) is 27.3 Å². The van der Waals surface area contributed by atoms with E-state index in [9.17, 15) is 4.79 Å². The van der Waals surface area contributed by atoms with Gasteiger partial charge in [-0.25, -0.2) is 0 Å². The minimum atomic E-state index is -0.234. The van der Waals surface area contributed by atoms with Crippen LogP contribution in [0.4, 0.5) is 0 Å². The summed E-state index contributed by atoms with van der Waals surface area (Å²) in [5.41, 5.74) is 7.13. The van der Waals surface area contributed by atoms with Crippen molar-refractivity contribution in [3.05, 3.63) is 22.2 Å². The molecular weight excluding hydrogens is 338 g/mol. The van der Waals surface area contributed by atoms with E-state index in [1.165, 1.54) is 7.11 Å². The Kier molecular flexibility index (Phi) is 6.98. The molecule has 0 spiro atoms. The highest BCUT2D eigenvalue weighted by molar-refractivity contribution is 9.10. The zero-order valence-electron chi connectivity index (χ0n) is 12.8. The third-order valence-electron chi connectivity index (χ3n) is 3.31. The minimum absolute atomic E-state index is 0.123. The molecule has 0 aromatic heterocycles. The number of carbonyl (C=O) groups is 1. The lowest BCUT2D eigenvalue weighted by Gasteiger charge is -2.20. The van der Waals surface area contributed by atoms with Gasteiger partial charge in [0.25, 0.3) is 0 Å². The van der Waals surface area contributed by atoms with Gasteiger partial charge in [0.2, 0.25) is 0 Å². The first-order valence-electron chi connectivity index (χ1n) is 6.67. The van der Waals surface area contributed by atoms with Crippen molar-refractivity contribution in [2.75, 3.05) is 21.3 Å². The molecule has 1 aromatic carbocycles. The zero-order chi connectivity index (χ0) is 16.0. The van der Waals surface area contributed by atoms with Crippen LogP contribution in [0.5, 0.6) is 11.5 Å². The number of carbonyl (C=O) groups excluding carboxylic acids is 1. The fraction of sp³-hybridized carbons (Fsp3) is 0.533. The van der Waals surface area contributed by atoms with Gasteiger partial charge in [-0.15, -0.1) is 0 Å². The van der Waals surface area contributed by atoms with E-state index < -0.39 is 0 Å². The number of hydrogen-bond acceptors (Lipinski definition) is 5. The van der Waals surface area contributed by atoms with E-state index in [0.717, 1.165) is 10.0 Å². The Morgan fingerprint density at radius 3 is 2.48 bits per heavy atom. The molecular formula is C15H22BrNO4. The Labute approximate surface area is 133 Å². The normalized spacial score (nSPS) is 13.4. The topological polar surface area (TPSA) is 70.8 Å². The summed E-state index contributed by atoms with van der Waals surface area (Å²) in [6, 6.07) is 3.49. The molecule has 0 saturated carbocycles. The van der Waals surface area contributed by atoms with E-state index in [1.807, 2.05) is 19.1 Å². The van der Waals surface area contributed by atoms with Crippen molar-refractivity contribution in [1.82, 2.24) is 0 Å². The molecule has 0 aliphatic rings. The monoisotopic (exact) mass is 359 g/mol. The van der Waals surface area contributed by atoms with Gasteiger partial charge in [0.15, 0.2) is 0 Å². The van der Waals surface area contributed by atoms with Crippen molar-refractivity contribution in [3.8, 4) is 11.5 Å². The second-order valence-corrected chi connectivity index (χ2v) is 5.72. The summed E-state index contributed by atoms with van der Waals surface area (Å²) in [4.78, 5) is 11.3. The van der Waals surface area contributed by atoms with Crippen LogP contribution in [0.3, 0.4) is 0 Å². The van der Waals surface area contributed by atoms with Crippen molar-refractivity contribution in [2.24, 2.45) is 11.7 Å². The van der Waals surface area contributed by atoms with Gasteiger partial charge in [0.05, 0.1) is 21.3 Å². The van der Waals surface area contributed by atoms with Crippen molar-refractivity contribution in [3.63, 3.8) is 0 Å². The predicted molar refractivity (Wildman–Crippen MR) is 84.6 cm³/mol. The molecule has 0 aliphatic heterocycles. The number of benzene rings is 1. The summed E-state index contributed by atoms with van der Waals surface area (Å²) in [6.45, 7) is 1.97. The van der Waals surface area contributed by atoms with E-state index in [2.05, 4.69) is 20.7 Å². The molecule has 0 fully saturated rings. The van der Waals surface area contributed by atoms with Crippen LogP contribution in [0.2, 0.25) is 0 Å². The van der Waals surface area contributed by atoms with Gasteiger partial charge in [0.1, 0.15) is 16.0 Å². The quantitative estimate of drug-likeness (QED) is 0.757. The number of methoxy groups -OCH3 is 3. The lowest BCUT2D eigenvalue weighted by Crippen LogP contribution is -2.17. The van der Waals surface area contributed by atoms with E-state index in [0.29, 0.717) is 24.3 Å². The fourth-order valence-corrected chi connectivity index (χ4v) is 2.91. The van der Waals surface area contributed by atoms with Crippen molar-refractivity contribution in [1.29, 1.82) is 0 Å². The first-order chi connectivity index (χ1) is 9.94. The van der Waals surface area contributed by atoms with Crippen LogP contribution in [0.15, 0.2) is 16.6 Å². The molecule has 0 amide bonds. The molecule has 0 saturated heterocycles. The Hall–Kier alpha value is -1.27. The Morgan fingerprint density at radius 1 is 1.29 bits per heavy atom. The van der Waals surface area contributed by atoms with Crippen LogP contribution in [0.25, 0.3) is 0 Å². The second kappa shape index (κ2) is 8.24. The highest BCUT2D eigenvalue weighted by atomic mass is 79.9. The van der Waals surface area contributed by atoms with Gasteiger partial charge in [0, 0.05) is 18.0 Å². The maximum Gasteiger partial charge on any atom is 0.305 e. The second-order valence-electron chi connectivity index (χ2n) is 4.93. The molecule has 0 heterocycles. The zero-order valence-corrected chi connectivity index (χ0v) is 14.4. The first-order valence-corrected chi connectivity index (χ1v) is 7.46. The standard InChI is InChI=1S/C15H22BrNO4/c1-9(8-13(18)20-3)7-11(17)10-5-6-12(19-2)14(16)15(10)21-4/h5-6,9,11H,7-8,17H2,1-4H3. The van der Waals surface area contributed by atoms with Gasteiger partial charge >= 0.3 is 5.97 Å². The molecule has 5 nitrogen and oxygen atoms in total. The van der Waals surface area contributed by atoms with E-state index in [4.69, 9.17) is 15.2 Å². The number of hydrogen-bond donors (Lipinski definition) is 1. The van der Waals surface area contributed by atoms with Crippen LogP contribution in [-0.2, 0) is 9.53 Å². The SMILES string of the molecule is COC(=O)CC(C)CC(N)c1ccc(OC)c(Br)c1OC. The van der Waals surface area contributed by atoms with Crippen LogP contribution in [0.1, 0.15) is 31.4 Å². The number of rotatable bonds is 7. The third-order valence-corrected chi connectivity index (χ3v) is 4.07. The van der Waals surface area contributed by atoms with Crippen molar-refractivity contribution >= 4 is 21.9 Å². The first kappa shape index (κ1) is 17.8. The lowest BCUT2D eigenvalue weighted by molar-refractivity contribution is -0.141. The molecule has 2 atom stereocenters. The van der Waals surface area contributed by atoms with Crippen LogP contribution >= 0.6 is 15.9 Å². The lowest BCUT2D eigenvalue weighted by atomic mass is 9.94. The smallest absolute Gasteiger partial charge is 0.305 e. The third kappa shape index (κ3) is 4.61. The van der Waals surface area contributed by atoms with Gasteiger partial charge in [-0.1, -0.05) is 6.92 Å². The maximum absolute atomic E-state index is 11.3. The average molecular weight is 360 g/mol. The van der Waals surface area contributed by atoms with Crippen LogP contribution in [0, 0.1) is 5.92 Å². The van der Waals surface area contributed by atoms with E-state index in [1.54, 1.807) is 14.2 Å². The Bertz CT molecular complexity index is 493. The molecule has 2 unspecified atom stereocenters. The molecule has 2 N–H and O–H groups in total. The molecule has 6 heteroatoms. The molecule has 0 aliphatic carbocycles. The molecule has 21 heavy (non-hydrogen) atoms. The summed E-state index contributed by atoms with van der Waals surface area (Å²) in [5.74, 6) is 1.24. The number of nitrogens with two attached hydrogens (primary N) is 1. The van der Waals surface area contributed by atoms with Gasteiger partial charge < -0.3 is 19.9 Å². The number of ether oxygens (including phenoxy) is 3. The van der Waals surface area contributed by atoms with Crippen LogP contribution < -0.4 is 15.2 Å². The maximum atomic E-state index is 11.3. The highest BCUT2D eigenvalue weighted by Crippen LogP contribution is 2.40. The summed E-state index contributed by atoms with van der Waals surface area (Å²) in [5, 5.41) is 0. The Morgan fingerprint density at radius 2 is 1.95 bits per heavy atom. The highest BCUT2D eigenvalue weighted by Gasteiger charge is 2.20. The number of esters is 1. The van der Waals surface area contributed by atoms with Gasteiger partial charge in [-0.05, 0) is 40.4 Å². The van der Waals surface area contributed by atoms with Gasteiger partial charge in [-0.2, -0.15) is 0 Å². The summed E-state index contributed by atoms with van der Waals surface area (Å²) in [7, 11) is 4.57. The minimum Gasteiger partial charge on any atom is -0.495 e. The van der Waals surface area contributed by atoms with E-state index >= 15 is 0 Å². The van der Waals surface area contributed by atoms with Crippen molar-refractivity contribution in [2.45, 2.75) is 25.8 Å². The molecule has 118 valence electrons. The molecule has 1 aromatic rings. The molecule has 1 rings (SSSR count). The van der Waals surface area contributed by atoms with Gasteiger partial charge in [-0.3, -0.25) is 4.79 Å². The molecule has 0 radical (unpaired) electrons. The largest absolute Gasteiger partial charge is 0.495 e. The van der Waals surface area contributed by atoms with E-state index in [-0.39, 0.29) is 17.9 Å². The fourth-order valence-electron chi connectivity index (χ4n) is 2.22.